The third-order valence-electron chi connectivity index (χ3n) is 14.0. The first kappa shape index (κ1) is 47.4. The maximum absolute atomic E-state index is 11.5. The van der Waals surface area contributed by atoms with Gasteiger partial charge in [-0.15, -0.1) is 0 Å². The monoisotopic (exact) mass is 842 g/mol. The van der Waals surface area contributed by atoms with E-state index in [9.17, 15) is 30.3 Å². The number of ether oxygens (including phenoxy) is 7. The van der Waals surface area contributed by atoms with Crippen molar-refractivity contribution < 1.29 is 115 Å². The van der Waals surface area contributed by atoms with Gasteiger partial charge in [0.1, 0.15) is 30.0 Å². The van der Waals surface area contributed by atoms with E-state index in [1.807, 2.05) is 26.0 Å². The maximum atomic E-state index is 11.5. The van der Waals surface area contributed by atoms with Crippen LogP contribution in [0.3, 0.4) is 0 Å². The molecule has 13 nitrogen and oxygen atoms in total. The molecule has 14 heteroatoms. The molecule has 58 heavy (non-hydrogen) atoms. The molecule has 0 aromatic heterocycles. The average Bonchev–Trinajstić information content (AvgIpc) is 3.56. The topological polar surface area (TPSA) is 186 Å². The Bertz CT molecular complexity index is 1510. The summed E-state index contributed by atoms with van der Waals surface area (Å²) in [6.07, 6.45) is 9.10. The zero-order valence-corrected chi connectivity index (χ0v) is 38.6. The molecule has 6 fully saturated rings. The smallest absolute Gasteiger partial charge is 0.547 e. The third kappa shape index (κ3) is 10.1. The van der Waals surface area contributed by atoms with Crippen molar-refractivity contribution in [2.45, 2.75) is 209 Å². The number of carbonyl (C=O) groups excluding carboxylic acids is 1. The average molecular weight is 843 g/mol. The number of aliphatic carboxylic acids is 1. The fraction of sp³-hybridized carbons (Fsp3) is 0.841. The predicted octanol–water partition coefficient (Wildman–Crippen LogP) is 0.883. The molecule has 0 aromatic rings. The molecule has 13 unspecified atom stereocenters. The number of hydrogen-bond donors (Lipinski definition) is 4. The fourth-order valence-electron chi connectivity index (χ4n) is 10.5. The van der Waals surface area contributed by atoms with Crippen molar-refractivity contribution >= 4 is 5.97 Å². The van der Waals surface area contributed by atoms with Crippen LogP contribution in [0.1, 0.15) is 125 Å². The van der Waals surface area contributed by atoms with E-state index in [4.69, 9.17) is 33.2 Å². The summed E-state index contributed by atoms with van der Waals surface area (Å²) >= 11 is 0. The Kier molecular flexibility index (Phi) is 15.5. The Morgan fingerprint density at radius 2 is 1.76 bits per heavy atom. The minimum absolute atomic E-state index is 0. The molecule has 6 saturated heterocycles. The quantitative estimate of drug-likeness (QED) is 0.180. The fourth-order valence-corrected chi connectivity index (χ4v) is 10.5. The van der Waals surface area contributed by atoms with Crippen LogP contribution in [0.5, 0.6) is 0 Å². The molecular formula is C44H67KO13. The van der Waals surface area contributed by atoms with Gasteiger partial charge in [0, 0.05) is 38.0 Å². The molecule has 322 valence electrons. The molecule has 7 heterocycles. The SMILES string of the molecule is C=C1C(O)C2O[C@]3(CCC(C=CC(C)C4CC(C)=C[C@@]5(OC(C[C@@](C)(O)C(=O)[O-])CCC5O)O4)O3)CCC2OC1C(O)CC(C)C1O[C@@]2(CCCCO2)CCC1C.[K+]. The van der Waals surface area contributed by atoms with Gasteiger partial charge < -0.3 is 63.5 Å². The standard InChI is InChI=1S/C44H68O13.K/c1-25-21-34(55-44(23-25)35(46)12-11-31(54-44)24-41(6,50)40(48)49)26(2)9-10-30-14-18-43(53-30)19-15-33-39(57-43)36(47)29(5)38(52-33)32(45)22-28(4)37-27(3)13-17-42(56-37)16-7-8-20-51-42;/h9-10,23,26-28,30-39,45-47,50H,5,7-8,11-22,24H2,1-4,6H3,(H,48,49);/q;+1/p-1/t26?,27?,28?,30?,31?,32?,33?,34?,35?,36?,37?,38?,39?,41-,42+,43-,44-;/m1./s1. The molecule has 0 amide bonds. The molecule has 0 aliphatic carbocycles. The van der Waals surface area contributed by atoms with Crippen LogP contribution in [-0.2, 0) is 38.0 Å². The van der Waals surface area contributed by atoms with Gasteiger partial charge in [0.15, 0.2) is 11.6 Å². The van der Waals surface area contributed by atoms with Gasteiger partial charge in [0.05, 0.1) is 49.2 Å². The molecule has 0 radical (unpaired) electrons. The number of carbonyl (C=O) groups is 1. The number of carboxylic acid groups (broad SMARTS) is 1. The van der Waals surface area contributed by atoms with E-state index >= 15 is 0 Å². The van der Waals surface area contributed by atoms with Crippen LogP contribution in [-0.4, -0.2) is 117 Å². The summed E-state index contributed by atoms with van der Waals surface area (Å²) in [6.45, 7) is 14.4. The van der Waals surface area contributed by atoms with Crippen LogP contribution >= 0.6 is 0 Å². The van der Waals surface area contributed by atoms with Gasteiger partial charge in [0.2, 0.25) is 5.79 Å². The number of fused-ring (bicyclic) bond motifs is 1. The van der Waals surface area contributed by atoms with Gasteiger partial charge in [-0.25, -0.2) is 0 Å². The molecule has 7 aliphatic heterocycles. The molecule has 0 bridgehead atoms. The number of carboxylic acids is 1. The Balaban J connectivity index is 0.00000567. The van der Waals surface area contributed by atoms with Gasteiger partial charge in [-0.3, -0.25) is 0 Å². The Morgan fingerprint density at radius 3 is 2.48 bits per heavy atom. The summed E-state index contributed by atoms with van der Waals surface area (Å²) in [5.41, 5.74) is -0.677. The summed E-state index contributed by atoms with van der Waals surface area (Å²) in [6, 6.07) is 0. The summed E-state index contributed by atoms with van der Waals surface area (Å²) in [5, 5.41) is 56.0. The molecule has 17 atom stereocenters. The molecule has 3 spiro atoms. The molecule has 7 aliphatic rings. The summed E-state index contributed by atoms with van der Waals surface area (Å²) in [4.78, 5) is 11.5. The summed E-state index contributed by atoms with van der Waals surface area (Å²) in [5.74, 6) is -4.11. The first-order valence-electron chi connectivity index (χ1n) is 21.6. The molecule has 7 rings (SSSR count). The van der Waals surface area contributed by atoms with Crippen molar-refractivity contribution in [3.63, 3.8) is 0 Å². The Hall–Kier alpha value is -0.114. The molecule has 0 aromatic carbocycles. The second-order valence-electron chi connectivity index (χ2n) is 18.9. The van der Waals surface area contributed by atoms with E-state index in [0.29, 0.717) is 56.4 Å². The van der Waals surface area contributed by atoms with Crippen LogP contribution < -0.4 is 56.5 Å². The second-order valence-corrected chi connectivity index (χ2v) is 18.9. The minimum atomic E-state index is -2.07. The van der Waals surface area contributed by atoms with Crippen molar-refractivity contribution in [1.29, 1.82) is 0 Å². The largest absolute Gasteiger partial charge is 1.00 e. The maximum Gasteiger partial charge on any atom is 1.00 e. The van der Waals surface area contributed by atoms with Crippen LogP contribution in [0, 0.1) is 17.8 Å². The first-order chi connectivity index (χ1) is 26.9. The van der Waals surface area contributed by atoms with Crippen molar-refractivity contribution in [3.8, 4) is 0 Å². The molecule has 0 saturated carbocycles. The van der Waals surface area contributed by atoms with E-state index in [-0.39, 0.29) is 88.0 Å². The zero-order valence-electron chi connectivity index (χ0n) is 35.5. The molecule has 4 N–H and O–H groups in total. The van der Waals surface area contributed by atoms with Crippen molar-refractivity contribution in [3.05, 3.63) is 36.0 Å². The minimum Gasteiger partial charge on any atom is -0.547 e. The van der Waals surface area contributed by atoms with Crippen LogP contribution in [0.25, 0.3) is 0 Å². The van der Waals surface area contributed by atoms with Gasteiger partial charge in [-0.1, -0.05) is 45.1 Å². The van der Waals surface area contributed by atoms with Crippen molar-refractivity contribution in [1.82, 2.24) is 0 Å². The third-order valence-corrected chi connectivity index (χ3v) is 14.0. The van der Waals surface area contributed by atoms with Gasteiger partial charge in [0.25, 0.3) is 0 Å². The van der Waals surface area contributed by atoms with E-state index < -0.39 is 71.7 Å². The first-order valence-corrected chi connectivity index (χ1v) is 21.6. The van der Waals surface area contributed by atoms with Crippen molar-refractivity contribution in [2.24, 2.45) is 17.8 Å². The summed E-state index contributed by atoms with van der Waals surface area (Å²) < 4.78 is 45.2. The van der Waals surface area contributed by atoms with Gasteiger partial charge in [-0.2, -0.15) is 0 Å². The normalized spacial score (nSPS) is 44.6. The van der Waals surface area contributed by atoms with Crippen LogP contribution in [0.2, 0.25) is 0 Å². The zero-order chi connectivity index (χ0) is 40.9. The van der Waals surface area contributed by atoms with Gasteiger partial charge >= 0.3 is 51.4 Å². The predicted molar refractivity (Wildman–Crippen MR) is 205 cm³/mol. The second kappa shape index (κ2) is 18.9. The van der Waals surface area contributed by atoms with E-state index in [1.54, 1.807) is 6.08 Å². The number of rotatable bonds is 10. The van der Waals surface area contributed by atoms with E-state index in [1.165, 1.54) is 6.92 Å². The number of aliphatic hydroxyl groups excluding tert-OH is 3. The number of aliphatic hydroxyl groups is 4. The van der Waals surface area contributed by atoms with Crippen LogP contribution in [0.4, 0.5) is 0 Å². The van der Waals surface area contributed by atoms with Crippen molar-refractivity contribution in [2.75, 3.05) is 6.61 Å². The van der Waals surface area contributed by atoms with Gasteiger partial charge in [-0.05, 0) is 95.1 Å². The van der Waals surface area contributed by atoms with E-state index in [0.717, 1.165) is 50.7 Å². The molecular weight excluding hydrogens is 776 g/mol. The van der Waals surface area contributed by atoms with E-state index in [2.05, 4.69) is 20.4 Å². The summed E-state index contributed by atoms with van der Waals surface area (Å²) in [7, 11) is 0. The Morgan fingerprint density at radius 1 is 1.02 bits per heavy atom. The van der Waals surface area contributed by atoms with Crippen LogP contribution in [0.15, 0.2) is 36.0 Å². The number of hydrogen-bond acceptors (Lipinski definition) is 13. The Labute approximate surface area is 386 Å².